The molecule has 144 valence electrons. The number of nitrogens with one attached hydrogen (secondary N) is 1. The van der Waals surface area contributed by atoms with Crippen LogP contribution in [-0.4, -0.2) is 48.0 Å². The zero-order valence-corrected chi connectivity index (χ0v) is 15.1. The molecule has 2 aromatic carbocycles. The number of hydrogen-bond acceptors (Lipinski definition) is 3. The topological polar surface area (TPSA) is 52.6 Å². The van der Waals surface area contributed by atoms with Gasteiger partial charge in [-0.3, -0.25) is 9.69 Å². The fourth-order valence-electron chi connectivity index (χ4n) is 3.42. The highest BCUT2D eigenvalue weighted by molar-refractivity contribution is 5.97. The van der Waals surface area contributed by atoms with E-state index in [4.69, 9.17) is 0 Å². The molecule has 2 aromatic rings. The Balaban J connectivity index is 1.60. The fourth-order valence-corrected chi connectivity index (χ4v) is 3.42. The van der Waals surface area contributed by atoms with Crippen LogP contribution < -0.4 is 5.32 Å². The van der Waals surface area contributed by atoms with Crippen molar-refractivity contribution in [3.63, 3.8) is 0 Å². The van der Waals surface area contributed by atoms with Gasteiger partial charge in [0, 0.05) is 19.1 Å². The predicted molar refractivity (Wildman–Crippen MR) is 100 cm³/mol. The SMILES string of the molecule is O=C(NC1CCN(CC(F)F)CC1)c1cc(Cc2ccccc2)ccc1O. The number of hydrogen-bond donors (Lipinski definition) is 2. The average molecular weight is 374 g/mol. The van der Waals surface area contributed by atoms with Crippen molar-refractivity contribution in [3.05, 3.63) is 65.2 Å². The van der Waals surface area contributed by atoms with Crippen LogP contribution in [0.1, 0.15) is 34.3 Å². The van der Waals surface area contributed by atoms with Crippen molar-refractivity contribution in [2.45, 2.75) is 31.7 Å². The first-order chi connectivity index (χ1) is 13.0. The van der Waals surface area contributed by atoms with Crippen LogP contribution in [0.5, 0.6) is 5.75 Å². The van der Waals surface area contributed by atoms with E-state index in [1.165, 1.54) is 0 Å². The second kappa shape index (κ2) is 8.95. The van der Waals surface area contributed by atoms with Crippen molar-refractivity contribution in [1.29, 1.82) is 0 Å². The van der Waals surface area contributed by atoms with Gasteiger partial charge in [-0.25, -0.2) is 8.78 Å². The number of carbonyl (C=O) groups excluding carboxylic acids is 1. The first kappa shape index (κ1) is 19.3. The number of carbonyl (C=O) groups is 1. The van der Waals surface area contributed by atoms with Gasteiger partial charge >= 0.3 is 0 Å². The molecule has 4 nitrogen and oxygen atoms in total. The molecule has 1 amide bonds. The van der Waals surface area contributed by atoms with E-state index in [0.29, 0.717) is 32.4 Å². The monoisotopic (exact) mass is 374 g/mol. The van der Waals surface area contributed by atoms with Gasteiger partial charge in [-0.15, -0.1) is 0 Å². The number of amides is 1. The summed E-state index contributed by atoms with van der Waals surface area (Å²) in [5.74, 6) is -0.380. The third-order valence-corrected chi connectivity index (χ3v) is 4.88. The van der Waals surface area contributed by atoms with Crippen molar-refractivity contribution >= 4 is 5.91 Å². The lowest BCUT2D eigenvalue weighted by Crippen LogP contribution is -2.45. The van der Waals surface area contributed by atoms with E-state index in [1.807, 2.05) is 36.4 Å². The number of rotatable bonds is 6. The van der Waals surface area contributed by atoms with Crippen LogP contribution in [0.15, 0.2) is 48.5 Å². The van der Waals surface area contributed by atoms with Gasteiger partial charge in [0.1, 0.15) is 5.75 Å². The minimum absolute atomic E-state index is 0.0561. The van der Waals surface area contributed by atoms with Gasteiger partial charge in [-0.1, -0.05) is 36.4 Å². The molecule has 27 heavy (non-hydrogen) atoms. The minimum atomic E-state index is -2.33. The van der Waals surface area contributed by atoms with Crippen molar-refractivity contribution < 1.29 is 18.7 Å². The van der Waals surface area contributed by atoms with Crippen LogP contribution in [0.3, 0.4) is 0 Å². The summed E-state index contributed by atoms with van der Waals surface area (Å²) in [7, 11) is 0. The summed E-state index contributed by atoms with van der Waals surface area (Å²) in [6, 6.07) is 14.9. The maximum atomic E-state index is 12.6. The lowest BCUT2D eigenvalue weighted by molar-refractivity contribution is 0.0695. The van der Waals surface area contributed by atoms with Crippen molar-refractivity contribution in [3.8, 4) is 5.75 Å². The molecule has 0 unspecified atom stereocenters. The summed E-state index contributed by atoms with van der Waals surface area (Å²) < 4.78 is 24.9. The standard InChI is InChI=1S/C21H24F2N2O2/c22-20(23)14-25-10-8-17(9-11-25)24-21(27)18-13-16(6-7-19(18)26)12-15-4-2-1-3-5-15/h1-7,13,17,20,26H,8-12,14H2,(H,24,27). The van der Waals surface area contributed by atoms with E-state index in [2.05, 4.69) is 5.32 Å². The Hall–Kier alpha value is -2.47. The van der Waals surface area contributed by atoms with E-state index in [0.717, 1.165) is 11.1 Å². The van der Waals surface area contributed by atoms with E-state index in [9.17, 15) is 18.7 Å². The number of halogens is 2. The molecule has 1 aliphatic heterocycles. The molecule has 0 atom stereocenters. The first-order valence-electron chi connectivity index (χ1n) is 9.18. The Morgan fingerprint density at radius 1 is 1.11 bits per heavy atom. The quantitative estimate of drug-likeness (QED) is 0.814. The number of nitrogens with zero attached hydrogens (tertiary/aromatic N) is 1. The highest BCUT2D eigenvalue weighted by Crippen LogP contribution is 2.21. The average Bonchev–Trinajstić information content (AvgIpc) is 2.65. The lowest BCUT2D eigenvalue weighted by atomic mass is 10.0. The summed E-state index contributed by atoms with van der Waals surface area (Å²) in [4.78, 5) is 14.3. The summed E-state index contributed by atoms with van der Waals surface area (Å²) >= 11 is 0. The van der Waals surface area contributed by atoms with Gasteiger partial charge in [-0.05, 0) is 42.5 Å². The van der Waals surface area contributed by atoms with Crippen LogP contribution in [0.4, 0.5) is 8.78 Å². The number of piperidine rings is 1. The van der Waals surface area contributed by atoms with E-state index in [-0.39, 0.29) is 29.8 Å². The van der Waals surface area contributed by atoms with E-state index < -0.39 is 6.43 Å². The maximum absolute atomic E-state index is 12.6. The molecule has 0 aromatic heterocycles. The van der Waals surface area contributed by atoms with Crippen LogP contribution >= 0.6 is 0 Å². The number of benzene rings is 2. The first-order valence-corrected chi connectivity index (χ1v) is 9.18. The largest absolute Gasteiger partial charge is 0.507 e. The van der Waals surface area contributed by atoms with Crippen LogP contribution in [0, 0.1) is 0 Å². The number of likely N-dealkylation sites (tertiary alicyclic amines) is 1. The highest BCUT2D eigenvalue weighted by Gasteiger charge is 2.23. The Bertz CT molecular complexity index is 760. The summed E-state index contributed by atoms with van der Waals surface area (Å²) in [5.41, 5.74) is 2.32. The Morgan fingerprint density at radius 2 is 1.81 bits per heavy atom. The van der Waals surface area contributed by atoms with Crippen molar-refractivity contribution in [1.82, 2.24) is 10.2 Å². The zero-order valence-electron chi connectivity index (χ0n) is 15.1. The number of alkyl halides is 2. The van der Waals surface area contributed by atoms with Gasteiger partial charge in [0.15, 0.2) is 0 Å². The van der Waals surface area contributed by atoms with Gasteiger partial charge in [-0.2, -0.15) is 0 Å². The van der Waals surface area contributed by atoms with Gasteiger partial charge < -0.3 is 10.4 Å². The molecule has 1 saturated heterocycles. The van der Waals surface area contributed by atoms with Crippen LogP contribution in [0.2, 0.25) is 0 Å². The van der Waals surface area contributed by atoms with Crippen LogP contribution in [0.25, 0.3) is 0 Å². The number of aromatic hydroxyl groups is 1. The second-order valence-electron chi connectivity index (χ2n) is 6.95. The van der Waals surface area contributed by atoms with Gasteiger partial charge in [0.2, 0.25) is 0 Å². The number of phenols is 1. The number of phenolic OH excluding ortho intramolecular Hbond substituents is 1. The molecule has 1 fully saturated rings. The van der Waals surface area contributed by atoms with Crippen molar-refractivity contribution in [2.75, 3.05) is 19.6 Å². The molecule has 6 heteroatoms. The molecule has 0 spiro atoms. The molecule has 1 aliphatic rings. The second-order valence-corrected chi connectivity index (χ2v) is 6.95. The predicted octanol–water partition coefficient (Wildman–Crippen LogP) is 3.44. The molecule has 0 bridgehead atoms. The lowest BCUT2D eigenvalue weighted by Gasteiger charge is -2.32. The molecule has 0 radical (unpaired) electrons. The maximum Gasteiger partial charge on any atom is 0.255 e. The van der Waals surface area contributed by atoms with Crippen LogP contribution in [-0.2, 0) is 6.42 Å². The highest BCUT2D eigenvalue weighted by atomic mass is 19.3. The van der Waals surface area contributed by atoms with Gasteiger partial charge in [0.05, 0.1) is 12.1 Å². The third-order valence-electron chi connectivity index (χ3n) is 4.88. The van der Waals surface area contributed by atoms with E-state index in [1.54, 1.807) is 17.0 Å². The summed E-state index contributed by atoms with van der Waals surface area (Å²) in [6.45, 7) is 0.855. The smallest absolute Gasteiger partial charge is 0.255 e. The normalized spacial score (nSPS) is 15.8. The fraction of sp³-hybridized carbons (Fsp3) is 0.381. The summed E-state index contributed by atoms with van der Waals surface area (Å²) in [5, 5.41) is 13.0. The molecule has 0 saturated carbocycles. The zero-order chi connectivity index (χ0) is 19.2. The Morgan fingerprint density at radius 3 is 2.48 bits per heavy atom. The molecule has 1 heterocycles. The molecule has 3 rings (SSSR count). The van der Waals surface area contributed by atoms with E-state index >= 15 is 0 Å². The molecular weight excluding hydrogens is 350 g/mol. The van der Waals surface area contributed by atoms with Crippen molar-refractivity contribution in [2.24, 2.45) is 0 Å². The molecule has 0 aliphatic carbocycles. The Labute approximate surface area is 157 Å². The molecular formula is C21H24F2N2O2. The molecule has 2 N–H and O–H groups in total. The Kier molecular flexibility index (Phi) is 6.40. The summed E-state index contributed by atoms with van der Waals surface area (Å²) in [6.07, 6.45) is -0.403. The van der Waals surface area contributed by atoms with Gasteiger partial charge in [0.25, 0.3) is 12.3 Å². The minimum Gasteiger partial charge on any atom is -0.507 e. The third kappa shape index (κ3) is 5.50.